The molecule has 1 aromatic heterocycles. The Labute approximate surface area is 243 Å². The number of nitrogens with one attached hydrogen (secondary N) is 1. The Balaban J connectivity index is 1.46. The van der Waals surface area contributed by atoms with E-state index < -0.39 is 39.4 Å². The molecule has 0 spiro atoms. The van der Waals surface area contributed by atoms with Crippen molar-refractivity contribution in [2.24, 2.45) is 7.05 Å². The average Bonchev–Trinajstić information content (AvgIpc) is 3.37. The first-order chi connectivity index (χ1) is 20.0. The van der Waals surface area contributed by atoms with Gasteiger partial charge in [0.1, 0.15) is 11.6 Å². The van der Waals surface area contributed by atoms with Crippen LogP contribution < -0.4 is 9.62 Å². The highest BCUT2D eigenvalue weighted by atomic mass is 32.2. The van der Waals surface area contributed by atoms with Gasteiger partial charge in [0.25, 0.3) is 0 Å². The van der Waals surface area contributed by atoms with Gasteiger partial charge in [-0.05, 0) is 90.4 Å². The lowest BCUT2D eigenvalue weighted by atomic mass is 9.87. The monoisotopic (exact) mass is 596 g/mol. The van der Waals surface area contributed by atoms with Crippen LogP contribution in [-0.4, -0.2) is 23.9 Å². The zero-order valence-electron chi connectivity index (χ0n) is 23.2. The van der Waals surface area contributed by atoms with Gasteiger partial charge in [-0.3, -0.25) is 4.79 Å². The Kier molecular flexibility index (Phi) is 8.51. The summed E-state index contributed by atoms with van der Waals surface area (Å²) in [4.78, 5) is 19.7. The summed E-state index contributed by atoms with van der Waals surface area (Å²) in [5.41, 5.74) is 2.79. The van der Waals surface area contributed by atoms with E-state index in [-0.39, 0.29) is 23.8 Å². The number of carbonyl (C=O) groups is 1. The van der Waals surface area contributed by atoms with Gasteiger partial charge in [-0.1, -0.05) is 19.1 Å². The van der Waals surface area contributed by atoms with Crippen LogP contribution in [0.25, 0.3) is 0 Å². The number of imidazole rings is 1. The predicted molar refractivity (Wildman–Crippen MR) is 153 cm³/mol. The fraction of sp³-hybridized carbons (Fsp3) is 0.290. The van der Waals surface area contributed by atoms with Crippen LogP contribution in [0.2, 0.25) is 0 Å². The molecule has 42 heavy (non-hydrogen) atoms. The molecule has 220 valence electrons. The van der Waals surface area contributed by atoms with E-state index in [9.17, 15) is 26.4 Å². The number of halogens is 3. The lowest BCUT2D eigenvalue weighted by Gasteiger charge is -2.30. The maximum atomic E-state index is 13.9. The van der Waals surface area contributed by atoms with Gasteiger partial charge in [-0.15, -0.1) is 0 Å². The van der Waals surface area contributed by atoms with E-state index in [1.165, 1.54) is 18.2 Å². The SMILES string of the molecule is C[C@@H](CC(=O)N(Cc1nccn1C)c1ccc2c(c1)[C@H](NS(=O)(=O)c1ccc(F)cc1)CCC2)c1ccc(F)c(F)c1. The third-order valence-electron chi connectivity index (χ3n) is 7.69. The van der Waals surface area contributed by atoms with Gasteiger partial charge in [0.2, 0.25) is 15.9 Å². The fourth-order valence-electron chi connectivity index (χ4n) is 5.27. The molecular formula is C31H31F3N4O3S. The highest BCUT2D eigenvalue weighted by Crippen LogP contribution is 2.35. The van der Waals surface area contributed by atoms with Gasteiger partial charge in [0.15, 0.2) is 11.6 Å². The summed E-state index contributed by atoms with van der Waals surface area (Å²) in [6, 6.07) is 13.3. The summed E-state index contributed by atoms with van der Waals surface area (Å²) in [5.74, 6) is -2.47. The molecule has 1 aliphatic rings. The second-order valence-corrected chi connectivity index (χ2v) is 12.3. The van der Waals surface area contributed by atoms with Crippen LogP contribution in [0.5, 0.6) is 0 Å². The van der Waals surface area contributed by atoms with Crippen LogP contribution >= 0.6 is 0 Å². The molecule has 0 radical (unpaired) electrons. The minimum atomic E-state index is -3.94. The number of aromatic nitrogens is 2. The predicted octanol–water partition coefficient (Wildman–Crippen LogP) is 5.92. The maximum absolute atomic E-state index is 13.9. The van der Waals surface area contributed by atoms with E-state index in [4.69, 9.17) is 0 Å². The molecule has 5 rings (SSSR count). The number of fused-ring (bicyclic) bond motifs is 1. The Morgan fingerprint density at radius 2 is 1.83 bits per heavy atom. The molecule has 4 aromatic rings. The molecule has 1 N–H and O–H groups in total. The Bertz CT molecular complexity index is 1710. The molecule has 0 saturated carbocycles. The molecule has 0 unspecified atom stereocenters. The maximum Gasteiger partial charge on any atom is 0.241 e. The molecule has 3 aromatic carbocycles. The lowest BCUT2D eigenvalue weighted by molar-refractivity contribution is -0.119. The molecule has 0 fully saturated rings. The molecule has 0 aliphatic heterocycles. The van der Waals surface area contributed by atoms with Crippen molar-refractivity contribution in [3.63, 3.8) is 0 Å². The number of anilines is 1. The second-order valence-electron chi connectivity index (χ2n) is 10.6. The fourth-order valence-corrected chi connectivity index (χ4v) is 6.52. The summed E-state index contributed by atoms with van der Waals surface area (Å²) in [6.45, 7) is 1.92. The molecule has 1 heterocycles. The average molecular weight is 597 g/mol. The number of benzene rings is 3. The van der Waals surface area contributed by atoms with E-state index >= 15 is 0 Å². The van der Waals surface area contributed by atoms with Crippen molar-refractivity contribution in [1.82, 2.24) is 14.3 Å². The molecule has 0 saturated heterocycles. The number of sulfonamides is 1. The third-order valence-corrected chi connectivity index (χ3v) is 9.18. The topological polar surface area (TPSA) is 84.3 Å². The van der Waals surface area contributed by atoms with E-state index in [1.54, 1.807) is 28.8 Å². The molecule has 7 nitrogen and oxygen atoms in total. The number of nitrogens with zero attached hydrogens (tertiary/aromatic N) is 3. The molecular weight excluding hydrogens is 565 g/mol. The number of rotatable bonds is 9. The van der Waals surface area contributed by atoms with Crippen molar-refractivity contribution in [1.29, 1.82) is 0 Å². The third kappa shape index (κ3) is 6.42. The zero-order chi connectivity index (χ0) is 30.0. The van der Waals surface area contributed by atoms with Crippen LogP contribution in [0.3, 0.4) is 0 Å². The van der Waals surface area contributed by atoms with Crippen molar-refractivity contribution < 1.29 is 26.4 Å². The van der Waals surface area contributed by atoms with Crippen molar-refractivity contribution in [2.75, 3.05) is 4.90 Å². The van der Waals surface area contributed by atoms with Gasteiger partial charge in [0, 0.05) is 37.6 Å². The summed E-state index contributed by atoms with van der Waals surface area (Å²) >= 11 is 0. The first kappa shape index (κ1) is 29.5. The second kappa shape index (κ2) is 12.1. The highest BCUT2D eigenvalue weighted by molar-refractivity contribution is 7.89. The number of carbonyl (C=O) groups excluding carboxylic acids is 1. The van der Waals surface area contributed by atoms with Gasteiger partial charge < -0.3 is 9.47 Å². The normalized spacial score (nSPS) is 15.7. The van der Waals surface area contributed by atoms with Gasteiger partial charge in [0.05, 0.1) is 11.4 Å². The van der Waals surface area contributed by atoms with Gasteiger partial charge in [-0.25, -0.2) is 31.3 Å². The van der Waals surface area contributed by atoms with Crippen molar-refractivity contribution in [3.8, 4) is 0 Å². The zero-order valence-corrected chi connectivity index (χ0v) is 24.0. The van der Waals surface area contributed by atoms with E-state index in [1.807, 2.05) is 25.2 Å². The molecule has 1 aliphatic carbocycles. The van der Waals surface area contributed by atoms with Crippen LogP contribution in [0.1, 0.15) is 60.7 Å². The van der Waals surface area contributed by atoms with Gasteiger partial charge in [-0.2, -0.15) is 0 Å². The first-order valence-electron chi connectivity index (χ1n) is 13.6. The number of hydrogen-bond donors (Lipinski definition) is 1. The minimum absolute atomic E-state index is 0.0210. The van der Waals surface area contributed by atoms with Gasteiger partial charge >= 0.3 is 0 Å². The first-order valence-corrected chi connectivity index (χ1v) is 15.1. The molecule has 1 amide bonds. The lowest BCUT2D eigenvalue weighted by Crippen LogP contribution is -2.34. The molecule has 2 atom stereocenters. The summed E-state index contributed by atoms with van der Waals surface area (Å²) in [6.07, 6.45) is 5.50. The Morgan fingerprint density at radius 3 is 2.52 bits per heavy atom. The molecule has 0 bridgehead atoms. The van der Waals surface area contributed by atoms with Crippen LogP contribution in [-0.2, 0) is 34.8 Å². The Morgan fingerprint density at radius 1 is 1.07 bits per heavy atom. The molecule has 11 heteroatoms. The smallest absolute Gasteiger partial charge is 0.241 e. The van der Waals surface area contributed by atoms with Crippen molar-refractivity contribution in [3.05, 3.63) is 113 Å². The number of aryl methyl sites for hydroxylation is 2. The van der Waals surface area contributed by atoms with E-state index in [0.29, 0.717) is 23.5 Å². The Hall–Kier alpha value is -3.96. The highest BCUT2D eigenvalue weighted by Gasteiger charge is 2.28. The summed E-state index contributed by atoms with van der Waals surface area (Å²) in [5, 5.41) is 0. The summed E-state index contributed by atoms with van der Waals surface area (Å²) < 4.78 is 71.6. The van der Waals surface area contributed by atoms with Crippen LogP contribution in [0.4, 0.5) is 18.9 Å². The number of hydrogen-bond acceptors (Lipinski definition) is 4. The van der Waals surface area contributed by atoms with Crippen LogP contribution in [0, 0.1) is 17.5 Å². The van der Waals surface area contributed by atoms with Crippen LogP contribution in [0.15, 0.2) is 78.0 Å². The van der Waals surface area contributed by atoms with Crippen molar-refractivity contribution in [2.45, 2.75) is 56.0 Å². The summed E-state index contributed by atoms with van der Waals surface area (Å²) in [7, 11) is -2.12. The quantitative estimate of drug-likeness (QED) is 0.260. The number of amides is 1. The van der Waals surface area contributed by atoms with E-state index in [0.717, 1.165) is 48.2 Å². The van der Waals surface area contributed by atoms with E-state index in [2.05, 4.69) is 9.71 Å². The minimum Gasteiger partial charge on any atom is -0.337 e. The van der Waals surface area contributed by atoms with Crippen molar-refractivity contribution >= 4 is 21.6 Å². The largest absolute Gasteiger partial charge is 0.337 e. The standard InChI is InChI=1S/C31H31F3N4O3S/c1-20(22-7-13-27(33)28(34)17-22)16-31(39)38(19-30-35-14-15-37(30)2)24-10-6-21-4-3-5-29(26(21)18-24)36-42(40,41)25-11-8-23(32)9-12-25/h6-15,17-18,20,29,36H,3-5,16,19H2,1-2H3/t20-,29+/m0/s1.